The molecule has 1 aromatic rings. The van der Waals surface area contributed by atoms with Gasteiger partial charge in [-0.15, -0.1) is 0 Å². The van der Waals surface area contributed by atoms with Gasteiger partial charge in [-0.1, -0.05) is 26.7 Å². The van der Waals surface area contributed by atoms with E-state index in [4.69, 9.17) is 4.74 Å². The molecule has 30 heavy (non-hydrogen) atoms. The van der Waals surface area contributed by atoms with Crippen molar-refractivity contribution in [1.29, 1.82) is 0 Å². The van der Waals surface area contributed by atoms with Crippen LogP contribution in [0.15, 0.2) is 18.2 Å². The minimum atomic E-state index is 0.534. The number of anilines is 2. The van der Waals surface area contributed by atoms with E-state index in [9.17, 15) is 0 Å². The predicted molar refractivity (Wildman–Crippen MR) is 128 cm³/mol. The third-order valence-corrected chi connectivity index (χ3v) is 8.52. The number of piperazine rings is 1. The van der Waals surface area contributed by atoms with Gasteiger partial charge in [0.15, 0.2) is 0 Å². The molecule has 1 unspecified atom stereocenters. The molecule has 3 fully saturated rings. The zero-order chi connectivity index (χ0) is 21.0. The number of hydrogen-bond donors (Lipinski definition) is 1. The molecule has 0 bridgehead atoms. The summed E-state index contributed by atoms with van der Waals surface area (Å²) in [6.07, 6.45) is 10.7. The van der Waals surface area contributed by atoms with Gasteiger partial charge in [-0.05, 0) is 73.6 Å². The molecule has 168 valence electrons. The van der Waals surface area contributed by atoms with Crippen molar-refractivity contribution in [2.45, 2.75) is 77.2 Å². The maximum Gasteiger partial charge on any atom is 0.0666 e. The van der Waals surface area contributed by atoms with E-state index in [1.165, 1.54) is 69.3 Å². The van der Waals surface area contributed by atoms with Crippen LogP contribution in [0, 0.1) is 5.41 Å². The molecule has 4 heteroatoms. The summed E-state index contributed by atoms with van der Waals surface area (Å²) in [5.74, 6) is 0.713. The van der Waals surface area contributed by atoms with Gasteiger partial charge >= 0.3 is 0 Å². The number of ether oxygens (including phenoxy) is 1. The van der Waals surface area contributed by atoms with Gasteiger partial charge in [0.2, 0.25) is 0 Å². The Bertz CT molecular complexity index is 671. The molecule has 4 rings (SSSR count). The number of nitrogens with one attached hydrogen (secondary N) is 1. The largest absolute Gasteiger partial charge is 0.383 e. The summed E-state index contributed by atoms with van der Waals surface area (Å²) in [5, 5.41) is 3.52. The predicted octanol–water partition coefficient (Wildman–Crippen LogP) is 5.18. The van der Waals surface area contributed by atoms with Crippen molar-refractivity contribution in [2.24, 2.45) is 5.41 Å². The van der Waals surface area contributed by atoms with Gasteiger partial charge < -0.3 is 19.9 Å². The topological polar surface area (TPSA) is 27.7 Å². The van der Waals surface area contributed by atoms with Crippen LogP contribution >= 0.6 is 0 Å². The summed E-state index contributed by atoms with van der Waals surface area (Å²) < 4.78 is 5.53. The maximum absolute atomic E-state index is 5.53. The smallest absolute Gasteiger partial charge is 0.0666 e. The summed E-state index contributed by atoms with van der Waals surface area (Å²) in [6, 6.07) is 7.94. The van der Waals surface area contributed by atoms with E-state index in [0.717, 1.165) is 32.8 Å². The molecule has 0 aromatic heterocycles. The molecule has 4 nitrogen and oxygen atoms in total. The Kier molecular flexibility index (Phi) is 7.25. The monoisotopic (exact) mass is 413 g/mol. The SMILES string of the molecule is CCC1(CC)CCC(c2cc(N3CCCC3COC)ccc2N2CCNCC2)CC1. The zero-order valence-electron chi connectivity index (χ0n) is 19.6. The van der Waals surface area contributed by atoms with Crippen molar-refractivity contribution in [1.82, 2.24) is 5.32 Å². The Morgan fingerprint density at radius 2 is 1.77 bits per heavy atom. The first-order valence-corrected chi connectivity index (χ1v) is 12.5. The zero-order valence-corrected chi connectivity index (χ0v) is 19.6. The summed E-state index contributed by atoms with van der Waals surface area (Å²) in [4.78, 5) is 5.24. The fourth-order valence-corrected chi connectivity index (χ4v) is 6.28. The lowest BCUT2D eigenvalue weighted by Crippen LogP contribution is -2.44. The molecular weight excluding hydrogens is 370 g/mol. The number of hydrogen-bond acceptors (Lipinski definition) is 4. The summed E-state index contributed by atoms with van der Waals surface area (Å²) in [7, 11) is 1.84. The van der Waals surface area contributed by atoms with Gasteiger partial charge in [0.25, 0.3) is 0 Å². The first-order chi connectivity index (χ1) is 14.7. The molecule has 0 spiro atoms. The second-order valence-corrected chi connectivity index (χ2v) is 9.91. The summed E-state index contributed by atoms with van der Waals surface area (Å²) in [6.45, 7) is 11.3. The van der Waals surface area contributed by atoms with Gasteiger partial charge in [-0.2, -0.15) is 0 Å². The molecule has 1 aliphatic carbocycles. The number of benzene rings is 1. The Hall–Kier alpha value is -1.26. The van der Waals surface area contributed by atoms with Crippen molar-refractivity contribution in [3.05, 3.63) is 23.8 Å². The fraction of sp³-hybridized carbons (Fsp3) is 0.769. The number of nitrogens with zero attached hydrogens (tertiary/aromatic N) is 2. The molecule has 1 saturated carbocycles. The lowest BCUT2D eigenvalue weighted by atomic mass is 9.66. The minimum Gasteiger partial charge on any atom is -0.383 e. The van der Waals surface area contributed by atoms with Crippen molar-refractivity contribution in [3.63, 3.8) is 0 Å². The fourth-order valence-electron chi connectivity index (χ4n) is 6.28. The van der Waals surface area contributed by atoms with E-state index in [1.54, 1.807) is 5.56 Å². The van der Waals surface area contributed by atoms with Crippen LogP contribution in [0.25, 0.3) is 0 Å². The molecule has 2 heterocycles. The maximum atomic E-state index is 5.53. The highest BCUT2D eigenvalue weighted by Gasteiger charge is 2.34. The van der Waals surface area contributed by atoms with Gasteiger partial charge in [-0.25, -0.2) is 0 Å². The van der Waals surface area contributed by atoms with Crippen LogP contribution in [-0.4, -0.2) is 52.5 Å². The molecule has 1 atom stereocenters. The minimum absolute atomic E-state index is 0.534. The van der Waals surface area contributed by atoms with Crippen molar-refractivity contribution in [2.75, 3.05) is 56.2 Å². The van der Waals surface area contributed by atoms with Crippen LogP contribution in [0.5, 0.6) is 0 Å². The van der Waals surface area contributed by atoms with Gasteiger partial charge in [0.05, 0.1) is 12.6 Å². The standard InChI is InChI=1S/C26H43N3O/c1-4-26(5-2)12-10-21(11-13-26)24-19-22(29-16-6-7-23(29)20-30-3)8-9-25(24)28-17-14-27-15-18-28/h8-9,19,21,23,27H,4-7,10-18,20H2,1-3H3. The van der Waals surface area contributed by atoms with Crippen molar-refractivity contribution < 1.29 is 4.74 Å². The number of methoxy groups -OCH3 is 1. The van der Waals surface area contributed by atoms with E-state index in [1.807, 2.05) is 7.11 Å². The van der Waals surface area contributed by atoms with Gasteiger partial charge in [-0.3, -0.25) is 0 Å². The van der Waals surface area contributed by atoms with Crippen LogP contribution in [0.2, 0.25) is 0 Å². The second kappa shape index (κ2) is 9.91. The van der Waals surface area contributed by atoms with Crippen LogP contribution < -0.4 is 15.1 Å². The Balaban J connectivity index is 1.61. The highest BCUT2D eigenvalue weighted by molar-refractivity contribution is 5.64. The average Bonchev–Trinajstić information content (AvgIpc) is 3.28. The third-order valence-electron chi connectivity index (χ3n) is 8.52. The second-order valence-electron chi connectivity index (χ2n) is 9.91. The highest BCUT2D eigenvalue weighted by atomic mass is 16.5. The van der Waals surface area contributed by atoms with Crippen molar-refractivity contribution >= 4 is 11.4 Å². The Morgan fingerprint density at radius 3 is 2.43 bits per heavy atom. The van der Waals surface area contributed by atoms with E-state index in [-0.39, 0.29) is 0 Å². The Labute approximate surface area is 184 Å². The molecule has 1 N–H and O–H groups in total. The quantitative estimate of drug-likeness (QED) is 0.667. The Morgan fingerprint density at radius 1 is 1.03 bits per heavy atom. The summed E-state index contributed by atoms with van der Waals surface area (Å²) >= 11 is 0. The molecule has 0 amide bonds. The van der Waals surface area contributed by atoms with E-state index in [0.29, 0.717) is 17.4 Å². The molecular formula is C26H43N3O. The molecule has 2 aliphatic heterocycles. The van der Waals surface area contributed by atoms with E-state index >= 15 is 0 Å². The van der Waals surface area contributed by atoms with Crippen LogP contribution in [-0.2, 0) is 4.74 Å². The average molecular weight is 414 g/mol. The lowest BCUT2D eigenvalue weighted by molar-refractivity contribution is 0.159. The molecule has 0 radical (unpaired) electrons. The molecule has 2 saturated heterocycles. The molecule has 1 aromatic carbocycles. The lowest BCUT2D eigenvalue weighted by Gasteiger charge is -2.41. The van der Waals surface area contributed by atoms with Crippen molar-refractivity contribution in [3.8, 4) is 0 Å². The third kappa shape index (κ3) is 4.50. The highest BCUT2D eigenvalue weighted by Crippen LogP contribution is 2.49. The first-order valence-electron chi connectivity index (χ1n) is 12.5. The number of rotatable bonds is 7. The van der Waals surface area contributed by atoms with E-state index in [2.05, 4.69) is 47.2 Å². The van der Waals surface area contributed by atoms with Crippen LogP contribution in [0.4, 0.5) is 11.4 Å². The normalized spacial score (nSPS) is 25.1. The van der Waals surface area contributed by atoms with Crippen LogP contribution in [0.1, 0.15) is 76.7 Å². The van der Waals surface area contributed by atoms with Crippen LogP contribution in [0.3, 0.4) is 0 Å². The first kappa shape index (κ1) is 22.0. The van der Waals surface area contributed by atoms with Gasteiger partial charge in [0.1, 0.15) is 0 Å². The van der Waals surface area contributed by atoms with E-state index < -0.39 is 0 Å². The summed E-state index contributed by atoms with van der Waals surface area (Å²) in [5.41, 5.74) is 5.15. The molecule has 3 aliphatic rings. The van der Waals surface area contributed by atoms with Gasteiger partial charge in [0, 0.05) is 51.2 Å².